The molecule has 0 saturated carbocycles. The standard InChI is InChI=1S/C13H23NO3/c1-9(15)6-11(16)17-10-7-12(2,3)14-13(4,5)8-10/h10,14H,6-8H2,1-5H3. The van der Waals surface area contributed by atoms with E-state index in [1.807, 2.05) is 0 Å². The van der Waals surface area contributed by atoms with E-state index in [-0.39, 0.29) is 29.4 Å². The topological polar surface area (TPSA) is 55.4 Å². The van der Waals surface area contributed by atoms with Crippen molar-refractivity contribution in [3.63, 3.8) is 0 Å². The minimum absolute atomic E-state index is 0.0527. The summed E-state index contributed by atoms with van der Waals surface area (Å²) in [5.74, 6) is -0.557. The van der Waals surface area contributed by atoms with Gasteiger partial charge in [-0.15, -0.1) is 0 Å². The first-order valence-electron chi connectivity index (χ1n) is 6.08. The molecule has 17 heavy (non-hydrogen) atoms. The average Bonchev–Trinajstić information content (AvgIpc) is 1.93. The Labute approximate surface area is 103 Å². The summed E-state index contributed by atoms with van der Waals surface area (Å²) in [4.78, 5) is 22.3. The van der Waals surface area contributed by atoms with Gasteiger partial charge in [-0.25, -0.2) is 0 Å². The molecule has 0 aliphatic carbocycles. The van der Waals surface area contributed by atoms with Gasteiger partial charge in [-0.05, 0) is 34.6 Å². The van der Waals surface area contributed by atoms with Crippen molar-refractivity contribution in [3.05, 3.63) is 0 Å². The lowest BCUT2D eigenvalue weighted by Gasteiger charge is -2.45. The second-order valence-electron chi connectivity index (χ2n) is 6.29. The van der Waals surface area contributed by atoms with Gasteiger partial charge in [0.2, 0.25) is 0 Å². The number of piperidine rings is 1. The van der Waals surface area contributed by atoms with Crippen LogP contribution in [-0.4, -0.2) is 28.9 Å². The Morgan fingerprint density at radius 3 is 2.06 bits per heavy atom. The largest absolute Gasteiger partial charge is 0.462 e. The number of hydrogen-bond donors (Lipinski definition) is 1. The zero-order chi connectivity index (χ0) is 13.3. The van der Waals surface area contributed by atoms with Crippen molar-refractivity contribution in [3.8, 4) is 0 Å². The van der Waals surface area contributed by atoms with Crippen molar-refractivity contribution in [2.45, 2.75) is 71.1 Å². The quantitative estimate of drug-likeness (QED) is 0.605. The summed E-state index contributed by atoms with van der Waals surface area (Å²) in [6.07, 6.45) is 1.33. The van der Waals surface area contributed by atoms with Crippen LogP contribution in [0.3, 0.4) is 0 Å². The lowest BCUT2D eigenvalue weighted by atomic mass is 9.81. The number of esters is 1. The summed E-state index contributed by atoms with van der Waals surface area (Å²) < 4.78 is 5.37. The molecule has 0 bridgehead atoms. The number of carbonyl (C=O) groups excluding carboxylic acids is 2. The Morgan fingerprint density at radius 1 is 1.18 bits per heavy atom. The third-order valence-electron chi connectivity index (χ3n) is 2.84. The van der Waals surface area contributed by atoms with Gasteiger partial charge >= 0.3 is 5.97 Å². The van der Waals surface area contributed by atoms with E-state index in [1.165, 1.54) is 6.92 Å². The summed E-state index contributed by atoms with van der Waals surface area (Å²) in [5, 5.41) is 3.52. The van der Waals surface area contributed by atoms with Crippen LogP contribution in [0.15, 0.2) is 0 Å². The Hall–Kier alpha value is -0.900. The minimum atomic E-state index is -0.406. The van der Waals surface area contributed by atoms with Crippen LogP contribution in [0.1, 0.15) is 53.9 Å². The molecule has 0 spiro atoms. The van der Waals surface area contributed by atoms with Crippen molar-refractivity contribution in [2.24, 2.45) is 0 Å². The molecular weight excluding hydrogens is 218 g/mol. The molecular formula is C13H23NO3. The Balaban J connectivity index is 2.59. The fourth-order valence-electron chi connectivity index (χ4n) is 2.74. The van der Waals surface area contributed by atoms with Gasteiger partial charge in [0, 0.05) is 23.9 Å². The third kappa shape index (κ3) is 4.86. The van der Waals surface area contributed by atoms with E-state index < -0.39 is 5.97 Å². The molecule has 4 heteroatoms. The zero-order valence-electron chi connectivity index (χ0n) is 11.4. The highest BCUT2D eigenvalue weighted by atomic mass is 16.5. The first-order valence-corrected chi connectivity index (χ1v) is 6.08. The van der Waals surface area contributed by atoms with Crippen LogP contribution in [0.25, 0.3) is 0 Å². The van der Waals surface area contributed by atoms with Gasteiger partial charge in [0.05, 0.1) is 0 Å². The maximum Gasteiger partial charge on any atom is 0.313 e. The van der Waals surface area contributed by atoms with Crippen molar-refractivity contribution in [2.75, 3.05) is 0 Å². The number of ketones is 1. The molecule has 1 fully saturated rings. The second-order valence-corrected chi connectivity index (χ2v) is 6.29. The Kier molecular flexibility index (Phi) is 3.97. The molecule has 1 aliphatic rings. The number of rotatable bonds is 3. The molecule has 1 aliphatic heterocycles. The highest BCUT2D eigenvalue weighted by molar-refractivity contribution is 5.94. The monoisotopic (exact) mass is 241 g/mol. The molecule has 0 unspecified atom stereocenters. The molecule has 1 N–H and O–H groups in total. The molecule has 0 amide bonds. The summed E-state index contributed by atoms with van der Waals surface area (Å²) in [7, 11) is 0. The number of hydrogen-bond acceptors (Lipinski definition) is 4. The number of carbonyl (C=O) groups is 2. The van der Waals surface area contributed by atoms with Crippen LogP contribution in [0.4, 0.5) is 0 Å². The number of nitrogens with one attached hydrogen (secondary N) is 1. The predicted octanol–water partition coefficient (Wildman–Crippen LogP) is 1.82. The lowest BCUT2D eigenvalue weighted by molar-refractivity contribution is -0.154. The fourth-order valence-corrected chi connectivity index (χ4v) is 2.74. The smallest absolute Gasteiger partial charge is 0.313 e. The zero-order valence-corrected chi connectivity index (χ0v) is 11.4. The normalized spacial score (nSPS) is 23.1. The lowest BCUT2D eigenvalue weighted by Crippen LogP contribution is -2.59. The number of ether oxygens (including phenoxy) is 1. The molecule has 98 valence electrons. The molecule has 0 radical (unpaired) electrons. The SMILES string of the molecule is CC(=O)CC(=O)OC1CC(C)(C)NC(C)(C)C1. The fraction of sp³-hybridized carbons (Fsp3) is 0.846. The van der Waals surface area contributed by atoms with E-state index >= 15 is 0 Å². The summed E-state index contributed by atoms with van der Waals surface area (Å²) >= 11 is 0. The van der Waals surface area contributed by atoms with Crippen molar-refractivity contribution < 1.29 is 14.3 Å². The molecule has 1 rings (SSSR count). The van der Waals surface area contributed by atoms with Gasteiger partial charge in [0.1, 0.15) is 18.3 Å². The van der Waals surface area contributed by atoms with E-state index in [1.54, 1.807) is 0 Å². The van der Waals surface area contributed by atoms with Crippen LogP contribution < -0.4 is 5.32 Å². The summed E-state index contributed by atoms with van der Waals surface area (Å²) in [5.41, 5.74) is -0.105. The molecule has 1 heterocycles. The van der Waals surface area contributed by atoms with Gasteiger partial charge < -0.3 is 10.1 Å². The van der Waals surface area contributed by atoms with Gasteiger partial charge in [-0.2, -0.15) is 0 Å². The highest BCUT2D eigenvalue weighted by Crippen LogP contribution is 2.30. The van der Waals surface area contributed by atoms with Gasteiger partial charge in [0.25, 0.3) is 0 Å². The van der Waals surface area contributed by atoms with Crippen LogP contribution >= 0.6 is 0 Å². The van der Waals surface area contributed by atoms with Crippen molar-refractivity contribution in [1.82, 2.24) is 5.32 Å². The minimum Gasteiger partial charge on any atom is -0.462 e. The first-order chi connectivity index (χ1) is 7.60. The van der Waals surface area contributed by atoms with E-state index in [0.717, 1.165) is 12.8 Å². The number of Topliss-reactive ketones (excluding diaryl/α,β-unsaturated/α-hetero) is 1. The molecule has 0 atom stereocenters. The van der Waals surface area contributed by atoms with Crippen molar-refractivity contribution >= 4 is 11.8 Å². The van der Waals surface area contributed by atoms with Gasteiger partial charge in [0.15, 0.2) is 0 Å². The molecule has 1 saturated heterocycles. The third-order valence-corrected chi connectivity index (χ3v) is 2.84. The van der Waals surface area contributed by atoms with Gasteiger partial charge in [-0.1, -0.05) is 0 Å². The predicted molar refractivity (Wildman–Crippen MR) is 65.7 cm³/mol. The average molecular weight is 241 g/mol. The van der Waals surface area contributed by atoms with E-state index in [2.05, 4.69) is 33.0 Å². The van der Waals surface area contributed by atoms with E-state index in [9.17, 15) is 9.59 Å². The summed E-state index contributed by atoms with van der Waals surface area (Å²) in [6, 6.07) is 0. The van der Waals surface area contributed by atoms with Gasteiger partial charge in [-0.3, -0.25) is 9.59 Å². The first kappa shape index (κ1) is 14.2. The molecule has 4 nitrogen and oxygen atoms in total. The maximum atomic E-state index is 11.5. The van der Waals surface area contributed by atoms with Crippen molar-refractivity contribution in [1.29, 1.82) is 0 Å². The Morgan fingerprint density at radius 2 is 1.65 bits per heavy atom. The van der Waals surface area contributed by atoms with Crippen LogP contribution in [0, 0.1) is 0 Å². The van der Waals surface area contributed by atoms with Crippen LogP contribution in [0.2, 0.25) is 0 Å². The second kappa shape index (κ2) is 4.77. The van der Waals surface area contributed by atoms with E-state index in [4.69, 9.17) is 4.74 Å². The molecule has 0 aromatic heterocycles. The molecule has 0 aromatic rings. The maximum absolute atomic E-state index is 11.5. The Bertz CT molecular complexity index is 305. The van der Waals surface area contributed by atoms with Crippen LogP contribution in [0.5, 0.6) is 0 Å². The molecule has 0 aromatic carbocycles. The van der Waals surface area contributed by atoms with Crippen LogP contribution in [-0.2, 0) is 14.3 Å². The highest BCUT2D eigenvalue weighted by Gasteiger charge is 2.39. The van der Waals surface area contributed by atoms with E-state index in [0.29, 0.717) is 0 Å². The summed E-state index contributed by atoms with van der Waals surface area (Å²) in [6.45, 7) is 9.79.